The van der Waals surface area contributed by atoms with E-state index in [0.717, 1.165) is 0 Å². The zero-order valence-corrected chi connectivity index (χ0v) is 11.7. The van der Waals surface area contributed by atoms with Gasteiger partial charge in [0.1, 0.15) is 0 Å². The maximum atomic E-state index is 11.9. The number of hydrogen-bond acceptors (Lipinski definition) is 4. The highest BCUT2D eigenvalue weighted by Crippen LogP contribution is 2.16. The van der Waals surface area contributed by atoms with Crippen LogP contribution in [0.4, 0.5) is 0 Å². The van der Waals surface area contributed by atoms with Crippen molar-refractivity contribution in [3.63, 3.8) is 0 Å². The van der Waals surface area contributed by atoms with E-state index >= 15 is 0 Å². The molecule has 0 spiro atoms. The average Bonchev–Trinajstić information content (AvgIpc) is 2.38. The van der Waals surface area contributed by atoms with Gasteiger partial charge in [0.25, 0.3) is 0 Å². The fourth-order valence-electron chi connectivity index (χ4n) is 1.54. The Kier molecular flexibility index (Phi) is 6.01. The zero-order valence-electron chi connectivity index (χ0n) is 10.1. The molecule has 0 heterocycles. The molecule has 0 aliphatic carbocycles. The van der Waals surface area contributed by atoms with E-state index in [1.54, 1.807) is 19.1 Å². The number of Topliss-reactive ketones (excluding diaryl/α,β-unsaturated/α-hetero) is 1. The Bertz CT molecular complexity index is 443. The fraction of sp³-hybridized carbons (Fsp3) is 0.385. The van der Waals surface area contributed by atoms with E-state index in [2.05, 4.69) is 15.9 Å². The molecule has 98 valence electrons. The number of ketones is 1. The van der Waals surface area contributed by atoms with Crippen molar-refractivity contribution in [2.24, 2.45) is 0 Å². The topological polar surface area (TPSA) is 63.6 Å². The number of benzene rings is 1. The summed E-state index contributed by atoms with van der Waals surface area (Å²) in [6.07, 6.45) is 0.319. The summed E-state index contributed by atoms with van der Waals surface area (Å²) in [7, 11) is 0. The van der Waals surface area contributed by atoms with Crippen LogP contribution < -0.4 is 0 Å². The molecule has 0 unspecified atom stereocenters. The van der Waals surface area contributed by atoms with Crippen molar-refractivity contribution in [2.45, 2.75) is 20.0 Å². The number of halogens is 1. The first-order valence-electron chi connectivity index (χ1n) is 5.64. The molecule has 4 nitrogen and oxygen atoms in total. The summed E-state index contributed by atoms with van der Waals surface area (Å²) in [6.45, 7) is 1.77. The minimum Gasteiger partial charge on any atom is -0.462 e. The number of aliphatic hydroxyl groups excluding tert-OH is 1. The Morgan fingerprint density at radius 3 is 2.67 bits per heavy atom. The molecule has 0 bridgehead atoms. The molecular weight excluding hydrogens is 300 g/mol. The van der Waals surface area contributed by atoms with Crippen LogP contribution in [0.15, 0.2) is 18.2 Å². The molecule has 0 amide bonds. The number of carbonyl (C=O) groups is 2. The molecule has 1 N–H and O–H groups in total. The van der Waals surface area contributed by atoms with E-state index < -0.39 is 5.97 Å². The Morgan fingerprint density at radius 2 is 2.11 bits per heavy atom. The van der Waals surface area contributed by atoms with Gasteiger partial charge in [-0.15, -0.1) is 0 Å². The molecule has 0 radical (unpaired) electrons. The molecule has 0 aliphatic rings. The lowest BCUT2D eigenvalue weighted by molar-refractivity contribution is 0.0526. The second kappa shape index (κ2) is 7.28. The fourth-order valence-corrected chi connectivity index (χ4v) is 1.90. The Labute approximate surface area is 114 Å². The molecule has 5 heteroatoms. The second-order valence-electron chi connectivity index (χ2n) is 3.61. The lowest BCUT2D eigenvalue weighted by Gasteiger charge is -2.08. The van der Waals surface area contributed by atoms with Crippen LogP contribution in [0.5, 0.6) is 0 Å². The number of rotatable bonds is 6. The average molecular weight is 315 g/mol. The number of alkyl halides is 1. The molecule has 0 aliphatic heterocycles. The van der Waals surface area contributed by atoms with Crippen LogP contribution in [0.3, 0.4) is 0 Å². The van der Waals surface area contributed by atoms with E-state index in [1.165, 1.54) is 6.07 Å². The summed E-state index contributed by atoms with van der Waals surface area (Å²) in [5.74, 6) is -0.572. The molecule has 0 fully saturated rings. The maximum absolute atomic E-state index is 11.9. The summed E-state index contributed by atoms with van der Waals surface area (Å²) in [5.41, 5.74) is 1.23. The number of carbonyl (C=O) groups excluding carboxylic acids is 2. The van der Waals surface area contributed by atoms with Crippen molar-refractivity contribution in [3.8, 4) is 0 Å². The number of esters is 1. The third-order valence-corrected chi connectivity index (χ3v) is 2.81. The van der Waals surface area contributed by atoms with E-state index in [-0.39, 0.29) is 19.0 Å². The normalized spacial score (nSPS) is 10.2. The number of aliphatic hydroxyl groups is 1. The first-order chi connectivity index (χ1) is 8.63. The minimum atomic E-state index is -0.463. The molecule has 18 heavy (non-hydrogen) atoms. The van der Waals surface area contributed by atoms with E-state index in [9.17, 15) is 14.7 Å². The van der Waals surface area contributed by atoms with Gasteiger partial charge >= 0.3 is 5.97 Å². The predicted octanol–water partition coefficient (Wildman–Crippen LogP) is 2.32. The van der Waals surface area contributed by atoms with Crippen LogP contribution in [-0.2, 0) is 11.3 Å². The second-order valence-corrected chi connectivity index (χ2v) is 4.41. The number of ether oxygens (including phenoxy) is 1. The summed E-state index contributed by atoms with van der Waals surface area (Å²) in [4.78, 5) is 23.4. The van der Waals surface area contributed by atoms with Crippen molar-refractivity contribution in [1.29, 1.82) is 0 Å². The van der Waals surface area contributed by atoms with Crippen LogP contribution in [-0.4, -0.2) is 28.8 Å². The number of hydrogen-bond donors (Lipinski definition) is 1. The summed E-state index contributed by atoms with van der Waals surface area (Å²) in [6, 6.07) is 4.61. The zero-order chi connectivity index (χ0) is 13.5. The Morgan fingerprint density at radius 1 is 1.39 bits per heavy atom. The molecule has 0 atom stereocenters. The van der Waals surface area contributed by atoms with E-state index in [4.69, 9.17) is 4.74 Å². The highest BCUT2D eigenvalue weighted by Gasteiger charge is 2.14. The van der Waals surface area contributed by atoms with Crippen molar-refractivity contribution in [1.82, 2.24) is 0 Å². The van der Waals surface area contributed by atoms with Gasteiger partial charge in [-0.05, 0) is 24.6 Å². The predicted molar refractivity (Wildman–Crippen MR) is 71.1 cm³/mol. The lowest BCUT2D eigenvalue weighted by atomic mass is 9.99. The minimum absolute atomic E-state index is 0.109. The Balaban J connectivity index is 3.09. The van der Waals surface area contributed by atoms with Gasteiger partial charge in [0.05, 0.1) is 18.8 Å². The molecule has 1 aromatic carbocycles. The van der Waals surface area contributed by atoms with Crippen molar-refractivity contribution >= 4 is 27.7 Å². The van der Waals surface area contributed by atoms with Crippen LogP contribution in [0.25, 0.3) is 0 Å². The first kappa shape index (κ1) is 14.9. The van der Waals surface area contributed by atoms with Gasteiger partial charge in [-0.2, -0.15) is 0 Å². The van der Waals surface area contributed by atoms with E-state index in [0.29, 0.717) is 28.4 Å². The first-order valence-corrected chi connectivity index (χ1v) is 6.76. The van der Waals surface area contributed by atoms with Gasteiger partial charge in [0.2, 0.25) is 0 Å². The molecule has 0 aromatic heterocycles. The molecule has 1 aromatic rings. The van der Waals surface area contributed by atoms with Crippen molar-refractivity contribution < 1.29 is 19.4 Å². The molecule has 1 rings (SSSR count). The van der Waals surface area contributed by atoms with Gasteiger partial charge in [-0.1, -0.05) is 22.0 Å². The highest BCUT2D eigenvalue weighted by atomic mass is 79.9. The van der Waals surface area contributed by atoms with Crippen LogP contribution in [0, 0.1) is 0 Å². The quantitative estimate of drug-likeness (QED) is 0.497. The lowest BCUT2D eigenvalue weighted by Crippen LogP contribution is -2.10. The van der Waals surface area contributed by atoms with Gasteiger partial charge < -0.3 is 9.84 Å². The van der Waals surface area contributed by atoms with Crippen LogP contribution >= 0.6 is 15.9 Å². The highest BCUT2D eigenvalue weighted by molar-refractivity contribution is 9.09. The largest absolute Gasteiger partial charge is 0.462 e. The maximum Gasteiger partial charge on any atom is 0.338 e. The molecule has 0 saturated heterocycles. The molecular formula is C13H15BrO4. The summed E-state index contributed by atoms with van der Waals surface area (Å²) < 4.78 is 4.87. The summed E-state index contributed by atoms with van der Waals surface area (Å²) in [5, 5.41) is 9.73. The smallest absolute Gasteiger partial charge is 0.338 e. The van der Waals surface area contributed by atoms with Gasteiger partial charge in [0.15, 0.2) is 5.78 Å². The van der Waals surface area contributed by atoms with Crippen LogP contribution in [0.2, 0.25) is 0 Å². The van der Waals surface area contributed by atoms with Crippen molar-refractivity contribution in [3.05, 3.63) is 34.9 Å². The van der Waals surface area contributed by atoms with Crippen LogP contribution in [0.1, 0.15) is 39.6 Å². The third-order valence-electron chi connectivity index (χ3n) is 2.41. The standard InChI is InChI=1S/C13H15BrO4/c1-2-18-13(17)9-3-4-10(8-15)11(7-9)12(16)5-6-14/h3-4,7,15H,2,5-6,8H2,1H3. The monoisotopic (exact) mass is 314 g/mol. The Hall–Kier alpha value is -1.20. The van der Waals surface area contributed by atoms with Crippen molar-refractivity contribution in [2.75, 3.05) is 11.9 Å². The SMILES string of the molecule is CCOC(=O)c1ccc(CO)c(C(=O)CCBr)c1. The summed E-state index contributed by atoms with van der Waals surface area (Å²) >= 11 is 3.19. The van der Waals surface area contributed by atoms with E-state index in [1.807, 2.05) is 0 Å². The third kappa shape index (κ3) is 3.65. The van der Waals surface area contributed by atoms with Gasteiger partial charge in [-0.25, -0.2) is 4.79 Å². The van der Waals surface area contributed by atoms with Gasteiger partial charge in [-0.3, -0.25) is 4.79 Å². The molecule has 0 saturated carbocycles. The van der Waals surface area contributed by atoms with Gasteiger partial charge in [0, 0.05) is 17.3 Å².